The minimum absolute atomic E-state index is 0.221. The van der Waals surface area contributed by atoms with Gasteiger partial charge >= 0.3 is 0 Å². The minimum Gasteiger partial charge on any atom is -0.336 e. The molecule has 2 aliphatic heterocycles. The summed E-state index contributed by atoms with van der Waals surface area (Å²) in [7, 11) is 0. The highest BCUT2D eigenvalue weighted by atomic mass is 35.5. The van der Waals surface area contributed by atoms with Crippen molar-refractivity contribution >= 4 is 34.7 Å². The number of hydrogen-bond acceptors (Lipinski definition) is 3. The third kappa shape index (κ3) is 4.07. The number of nitrogens with zero attached hydrogens (tertiary/aromatic N) is 2. The van der Waals surface area contributed by atoms with E-state index >= 15 is 0 Å². The number of aryl methyl sites for hydroxylation is 2. The van der Waals surface area contributed by atoms with E-state index in [0.29, 0.717) is 35.8 Å². The zero-order chi connectivity index (χ0) is 22.9. The van der Waals surface area contributed by atoms with Crippen molar-refractivity contribution in [3.63, 3.8) is 0 Å². The summed E-state index contributed by atoms with van der Waals surface area (Å²) in [4.78, 5) is 30.8. The second-order valence-electron chi connectivity index (χ2n) is 8.61. The molecular weight excluding hydrogens is 432 g/mol. The number of para-hydroxylation sites is 1. The van der Waals surface area contributed by atoms with Gasteiger partial charge in [0.25, 0.3) is 11.8 Å². The Labute approximate surface area is 199 Å². The summed E-state index contributed by atoms with van der Waals surface area (Å²) in [6.07, 6.45) is 2.50. The molecule has 0 aliphatic carbocycles. The molecule has 166 valence electrons. The molecule has 0 bridgehead atoms. The molecule has 0 atom stereocenters. The number of anilines is 1. The highest BCUT2D eigenvalue weighted by Gasteiger charge is 2.42. The van der Waals surface area contributed by atoms with Crippen LogP contribution in [0.5, 0.6) is 0 Å². The maximum atomic E-state index is 13.7. The first-order valence-electron chi connectivity index (χ1n) is 11.3. The lowest BCUT2D eigenvalue weighted by Gasteiger charge is -2.32. The summed E-state index contributed by atoms with van der Waals surface area (Å²) >= 11 is 6.00. The fourth-order valence-corrected chi connectivity index (χ4v) is 4.78. The summed E-state index contributed by atoms with van der Waals surface area (Å²) in [6.45, 7) is 3.05. The van der Waals surface area contributed by atoms with Crippen molar-refractivity contribution in [1.29, 1.82) is 0 Å². The lowest BCUT2D eigenvalue weighted by molar-refractivity contribution is -0.136. The van der Waals surface area contributed by atoms with Crippen molar-refractivity contribution in [2.24, 2.45) is 0 Å². The predicted molar refractivity (Wildman–Crippen MR) is 132 cm³/mol. The molecule has 2 aliphatic rings. The predicted octanol–water partition coefficient (Wildman–Crippen LogP) is 5.42. The lowest BCUT2D eigenvalue weighted by atomic mass is 9.98. The van der Waals surface area contributed by atoms with Crippen LogP contribution in [0.2, 0.25) is 5.02 Å². The number of carbonyl (C=O) groups excluding carboxylic acids is 2. The summed E-state index contributed by atoms with van der Waals surface area (Å²) in [5.74, 6) is -0.447. The molecule has 2 amide bonds. The Morgan fingerprint density at radius 2 is 1.61 bits per heavy atom. The van der Waals surface area contributed by atoms with E-state index in [4.69, 9.17) is 11.6 Å². The number of rotatable bonds is 5. The molecule has 2 heterocycles. The van der Waals surface area contributed by atoms with Crippen LogP contribution in [0.15, 0.2) is 78.5 Å². The number of carbonyl (C=O) groups is 2. The Hall–Kier alpha value is -3.37. The van der Waals surface area contributed by atoms with E-state index in [1.165, 1.54) is 10.5 Å². The summed E-state index contributed by atoms with van der Waals surface area (Å²) in [6, 6.07) is 23.5. The second-order valence-corrected chi connectivity index (χ2v) is 9.05. The van der Waals surface area contributed by atoms with Gasteiger partial charge in [-0.1, -0.05) is 71.8 Å². The van der Waals surface area contributed by atoms with E-state index in [1.54, 1.807) is 0 Å². The van der Waals surface area contributed by atoms with Crippen LogP contribution in [0.4, 0.5) is 5.69 Å². The zero-order valence-electron chi connectivity index (χ0n) is 18.6. The molecule has 5 heteroatoms. The van der Waals surface area contributed by atoms with Crippen LogP contribution in [-0.4, -0.2) is 29.8 Å². The van der Waals surface area contributed by atoms with Crippen molar-refractivity contribution in [3.8, 4) is 0 Å². The Morgan fingerprint density at radius 3 is 2.36 bits per heavy atom. The van der Waals surface area contributed by atoms with Gasteiger partial charge in [0.2, 0.25) is 0 Å². The van der Waals surface area contributed by atoms with Crippen LogP contribution in [0, 0.1) is 6.92 Å². The van der Waals surface area contributed by atoms with Gasteiger partial charge in [-0.3, -0.25) is 14.5 Å². The van der Waals surface area contributed by atoms with Gasteiger partial charge in [0.1, 0.15) is 5.70 Å². The Kier molecular flexibility index (Phi) is 5.77. The first kappa shape index (κ1) is 21.5. The molecule has 4 nitrogen and oxygen atoms in total. The van der Waals surface area contributed by atoms with Crippen LogP contribution in [0.25, 0.3) is 5.57 Å². The smallest absolute Gasteiger partial charge is 0.278 e. The number of hydrogen-bond donors (Lipinski definition) is 0. The first-order chi connectivity index (χ1) is 16.0. The van der Waals surface area contributed by atoms with E-state index in [1.807, 2.05) is 73.7 Å². The molecule has 0 unspecified atom stereocenters. The van der Waals surface area contributed by atoms with Gasteiger partial charge in [0, 0.05) is 23.8 Å². The highest BCUT2D eigenvalue weighted by molar-refractivity contribution is 6.36. The summed E-state index contributed by atoms with van der Waals surface area (Å²) in [5.41, 5.74) is 6.14. The fraction of sp³-hybridized carbons (Fsp3) is 0.214. The summed E-state index contributed by atoms with van der Waals surface area (Å²) < 4.78 is 0. The number of benzene rings is 3. The van der Waals surface area contributed by atoms with Gasteiger partial charge < -0.3 is 4.90 Å². The van der Waals surface area contributed by atoms with Crippen LogP contribution in [0.3, 0.4) is 0 Å². The molecular formula is C28H25ClN2O2. The minimum atomic E-state index is -0.226. The maximum absolute atomic E-state index is 13.7. The third-order valence-corrected chi connectivity index (χ3v) is 6.65. The largest absolute Gasteiger partial charge is 0.336 e. The van der Waals surface area contributed by atoms with E-state index in [0.717, 1.165) is 35.2 Å². The number of imide groups is 1. The summed E-state index contributed by atoms with van der Waals surface area (Å²) in [5, 5.41) is 0.668. The average molecular weight is 457 g/mol. The van der Waals surface area contributed by atoms with Gasteiger partial charge in [-0.2, -0.15) is 0 Å². The van der Waals surface area contributed by atoms with Gasteiger partial charge in [-0.15, -0.1) is 0 Å². The Balaban J connectivity index is 1.54. The lowest BCUT2D eigenvalue weighted by Crippen LogP contribution is -2.38. The quantitative estimate of drug-likeness (QED) is 0.481. The topological polar surface area (TPSA) is 40.6 Å². The van der Waals surface area contributed by atoms with Gasteiger partial charge in [0.05, 0.1) is 5.57 Å². The van der Waals surface area contributed by atoms with Crippen LogP contribution in [0.1, 0.15) is 28.7 Å². The van der Waals surface area contributed by atoms with Crippen LogP contribution < -0.4 is 4.90 Å². The molecule has 0 N–H and O–H groups in total. The molecule has 0 saturated carbocycles. The Bertz CT molecular complexity index is 1250. The van der Waals surface area contributed by atoms with Crippen molar-refractivity contribution < 1.29 is 9.59 Å². The average Bonchev–Trinajstić information content (AvgIpc) is 3.08. The van der Waals surface area contributed by atoms with Gasteiger partial charge in [-0.25, -0.2) is 0 Å². The molecule has 0 spiro atoms. The number of fused-ring (bicyclic) bond motifs is 1. The van der Waals surface area contributed by atoms with Crippen molar-refractivity contribution in [1.82, 2.24) is 4.90 Å². The van der Waals surface area contributed by atoms with E-state index in [2.05, 4.69) is 11.0 Å². The van der Waals surface area contributed by atoms with Crippen molar-refractivity contribution in [2.45, 2.75) is 26.2 Å². The van der Waals surface area contributed by atoms with E-state index in [9.17, 15) is 9.59 Å². The monoisotopic (exact) mass is 456 g/mol. The molecule has 5 rings (SSSR count). The normalized spacial score (nSPS) is 15.9. The third-order valence-electron chi connectivity index (χ3n) is 6.40. The maximum Gasteiger partial charge on any atom is 0.278 e. The molecule has 0 saturated heterocycles. The molecule has 0 aromatic heterocycles. The van der Waals surface area contributed by atoms with Gasteiger partial charge in [-0.05, 0) is 61.1 Å². The molecule has 3 aromatic rings. The molecule has 0 radical (unpaired) electrons. The first-order valence-corrected chi connectivity index (χ1v) is 11.7. The van der Waals surface area contributed by atoms with Gasteiger partial charge in [0.15, 0.2) is 0 Å². The highest BCUT2D eigenvalue weighted by Crippen LogP contribution is 2.38. The zero-order valence-corrected chi connectivity index (χ0v) is 19.3. The fourth-order valence-electron chi connectivity index (χ4n) is 4.66. The standard InChI is InChI=1S/C28H25ClN2O2/c1-19-8-12-22(13-9-19)25-26(30-17-4-6-21-5-2-3-7-24(21)30)28(33)31(27(25)32)18-16-20-10-14-23(29)15-11-20/h2-3,5,7-15H,4,6,16-18H2,1H3. The van der Waals surface area contributed by atoms with E-state index < -0.39 is 0 Å². The van der Waals surface area contributed by atoms with Crippen LogP contribution in [-0.2, 0) is 22.4 Å². The Morgan fingerprint density at radius 1 is 0.879 bits per heavy atom. The number of amides is 2. The van der Waals surface area contributed by atoms with Crippen molar-refractivity contribution in [3.05, 3.63) is 106 Å². The molecule has 33 heavy (non-hydrogen) atoms. The molecule has 3 aromatic carbocycles. The molecule has 0 fully saturated rings. The van der Waals surface area contributed by atoms with Crippen LogP contribution >= 0.6 is 11.6 Å². The number of halogens is 1. The second kappa shape index (κ2) is 8.87. The van der Waals surface area contributed by atoms with E-state index in [-0.39, 0.29) is 11.8 Å². The van der Waals surface area contributed by atoms with Crippen molar-refractivity contribution in [2.75, 3.05) is 18.0 Å². The SMILES string of the molecule is Cc1ccc(C2=C(N3CCCc4ccccc43)C(=O)N(CCc3ccc(Cl)cc3)C2=O)cc1.